The maximum atomic E-state index is 12.8. The highest BCUT2D eigenvalue weighted by Gasteiger charge is 2.47. The Labute approximate surface area is 117 Å². The third kappa shape index (κ3) is 2.44. The first-order valence-corrected chi connectivity index (χ1v) is 6.86. The summed E-state index contributed by atoms with van der Waals surface area (Å²) in [5.41, 5.74) is 4.97. The highest BCUT2D eigenvalue weighted by molar-refractivity contribution is 7.80. The lowest BCUT2D eigenvalue weighted by Gasteiger charge is -2.42. The third-order valence-corrected chi connectivity index (χ3v) is 4.38. The Morgan fingerprint density at radius 2 is 2.16 bits per heavy atom. The second kappa shape index (κ2) is 5.42. The van der Waals surface area contributed by atoms with Crippen molar-refractivity contribution in [2.75, 3.05) is 26.3 Å². The van der Waals surface area contributed by atoms with Gasteiger partial charge in [-0.2, -0.15) is 0 Å². The quantitative estimate of drug-likeness (QED) is 0.663. The fraction of sp³-hybridized carbons (Fsp3) is 0.750. The summed E-state index contributed by atoms with van der Waals surface area (Å²) in [6, 6.07) is -0.477. The number of piperazine rings is 1. The van der Waals surface area contributed by atoms with Crippen LogP contribution in [0.3, 0.4) is 0 Å². The van der Waals surface area contributed by atoms with E-state index >= 15 is 0 Å². The predicted octanol–water partition coefficient (Wildman–Crippen LogP) is -0.584. The summed E-state index contributed by atoms with van der Waals surface area (Å²) >= 11 is 5.12. The molecular weight excluding hydrogens is 266 g/mol. The lowest BCUT2D eigenvalue weighted by Crippen LogP contribution is -2.62. The molecule has 0 bridgehead atoms. The largest absolute Gasteiger partial charge is 0.392 e. The van der Waals surface area contributed by atoms with E-state index in [0.29, 0.717) is 39.1 Å². The third-order valence-electron chi connectivity index (χ3n) is 3.99. The Bertz CT molecular complexity index is 407. The number of nitrogens with two attached hydrogens (primary N) is 1. The summed E-state index contributed by atoms with van der Waals surface area (Å²) in [5, 5.41) is 2.74. The van der Waals surface area contributed by atoms with E-state index in [1.807, 2.05) is 0 Å². The van der Waals surface area contributed by atoms with Crippen LogP contribution in [-0.4, -0.2) is 54.0 Å². The summed E-state index contributed by atoms with van der Waals surface area (Å²) < 4.78 is 5.30. The minimum Gasteiger partial charge on any atom is -0.392 e. The molecule has 2 fully saturated rings. The minimum absolute atomic E-state index is 0.134. The molecule has 0 spiro atoms. The van der Waals surface area contributed by atoms with Crippen LogP contribution in [0.4, 0.5) is 0 Å². The topological polar surface area (TPSA) is 84.7 Å². The van der Waals surface area contributed by atoms with Crippen LogP contribution >= 0.6 is 12.2 Å². The van der Waals surface area contributed by atoms with Crippen molar-refractivity contribution >= 4 is 29.0 Å². The predicted molar refractivity (Wildman–Crippen MR) is 73.5 cm³/mol. The number of carbonyl (C=O) groups excluding carboxylic acids is 2. The van der Waals surface area contributed by atoms with Crippen molar-refractivity contribution in [1.82, 2.24) is 10.2 Å². The first-order valence-electron chi connectivity index (χ1n) is 6.45. The molecule has 2 aliphatic rings. The van der Waals surface area contributed by atoms with Crippen molar-refractivity contribution in [2.24, 2.45) is 11.1 Å². The molecule has 2 heterocycles. The van der Waals surface area contributed by atoms with Gasteiger partial charge in [0.05, 0.1) is 4.99 Å². The second-order valence-corrected chi connectivity index (χ2v) is 5.46. The molecule has 0 aliphatic carbocycles. The lowest BCUT2D eigenvalue weighted by molar-refractivity contribution is -0.150. The molecule has 2 amide bonds. The van der Waals surface area contributed by atoms with Crippen molar-refractivity contribution in [1.29, 1.82) is 0 Å². The van der Waals surface area contributed by atoms with Crippen molar-refractivity contribution in [3.63, 3.8) is 0 Å². The van der Waals surface area contributed by atoms with Gasteiger partial charge in [0.25, 0.3) is 0 Å². The van der Waals surface area contributed by atoms with Crippen molar-refractivity contribution in [3.8, 4) is 0 Å². The summed E-state index contributed by atoms with van der Waals surface area (Å²) in [6.45, 7) is 3.63. The first-order chi connectivity index (χ1) is 8.99. The van der Waals surface area contributed by atoms with E-state index in [2.05, 4.69) is 5.32 Å². The Morgan fingerprint density at radius 1 is 1.53 bits per heavy atom. The summed E-state index contributed by atoms with van der Waals surface area (Å²) in [6.07, 6.45) is 0.984. The second-order valence-electron chi connectivity index (χ2n) is 5.02. The summed E-state index contributed by atoms with van der Waals surface area (Å²) in [4.78, 5) is 26.3. The van der Waals surface area contributed by atoms with E-state index in [-0.39, 0.29) is 16.8 Å². The monoisotopic (exact) mass is 285 g/mol. The van der Waals surface area contributed by atoms with Gasteiger partial charge in [0.15, 0.2) is 0 Å². The molecule has 2 rings (SSSR count). The minimum atomic E-state index is -0.848. The van der Waals surface area contributed by atoms with Crippen LogP contribution in [-0.2, 0) is 14.3 Å². The average Bonchev–Trinajstić information content (AvgIpc) is 2.41. The fourth-order valence-corrected chi connectivity index (χ4v) is 2.91. The normalized spacial score (nSPS) is 26.7. The molecule has 0 saturated carbocycles. The van der Waals surface area contributed by atoms with E-state index in [1.54, 1.807) is 11.8 Å². The standard InChI is InChI=1S/C12H19N3O3S/c1-8-9(16)14-4-5-15(8)11(17)12(10(13)19)2-6-18-7-3-12/h8H,2-7H2,1H3,(H2,13,19)(H,14,16). The van der Waals surface area contributed by atoms with Gasteiger partial charge in [-0.15, -0.1) is 0 Å². The summed E-state index contributed by atoms with van der Waals surface area (Å²) in [5.74, 6) is -0.268. The molecule has 2 saturated heterocycles. The number of hydrogen-bond acceptors (Lipinski definition) is 4. The van der Waals surface area contributed by atoms with Gasteiger partial charge in [0, 0.05) is 26.3 Å². The smallest absolute Gasteiger partial charge is 0.242 e. The van der Waals surface area contributed by atoms with Gasteiger partial charge in [-0.3, -0.25) is 9.59 Å². The Hall–Kier alpha value is -1.21. The average molecular weight is 285 g/mol. The molecule has 0 aromatic rings. The number of ether oxygens (including phenoxy) is 1. The van der Waals surface area contributed by atoms with E-state index < -0.39 is 11.5 Å². The molecule has 2 aliphatic heterocycles. The van der Waals surface area contributed by atoms with Gasteiger partial charge < -0.3 is 20.7 Å². The maximum absolute atomic E-state index is 12.8. The van der Waals surface area contributed by atoms with Crippen molar-refractivity contribution in [3.05, 3.63) is 0 Å². The Kier molecular flexibility index (Phi) is 4.05. The highest BCUT2D eigenvalue weighted by atomic mass is 32.1. The molecule has 1 unspecified atom stereocenters. The molecule has 3 N–H and O–H groups in total. The number of thiocarbonyl (C=S) groups is 1. The first kappa shape index (κ1) is 14.2. The zero-order chi connectivity index (χ0) is 14.0. The molecule has 0 radical (unpaired) electrons. The molecular formula is C12H19N3O3S. The number of hydrogen-bond donors (Lipinski definition) is 2. The van der Waals surface area contributed by atoms with E-state index in [0.717, 1.165) is 0 Å². The van der Waals surface area contributed by atoms with Crippen LogP contribution < -0.4 is 11.1 Å². The molecule has 1 atom stereocenters. The molecule has 19 heavy (non-hydrogen) atoms. The van der Waals surface area contributed by atoms with Gasteiger partial charge in [-0.05, 0) is 19.8 Å². The summed E-state index contributed by atoms with van der Waals surface area (Å²) in [7, 11) is 0. The molecule has 7 heteroatoms. The molecule has 0 aromatic heterocycles. The van der Waals surface area contributed by atoms with Crippen molar-refractivity contribution in [2.45, 2.75) is 25.8 Å². The van der Waals surface area contributed by atoms with Gasteiger partial charge in [0.1, 0.15) is 11.5 Å². The Morgan fingerprint density at radius 3 is 2.74 bits per heavy atom. The lowest BCUT2D eigenvalue weighted by atomic mass is 9.78. The SMILES string of the molecule is CC1C(=O)NCCN1C(=O)C1(C(N)=S)CCOCC1. The van der Waals surface area contributed by atoms with E-state index in [4.69, 9.17) is 22.7 Å². The number of amides is 2. The van der Waals surface area contributed by atoms with Crippen LogP contribution in [0.2, 0.25) is 0 Å². The van der Waals surface area contributed by atoms with Gasteiger partial charge in [-0.1, -0.05) is 12.2 Å². The maximum Gasteiger partial charge on any atom is 0.242 e. The van der Waals surface area contributed by atoms with Crippen LogP contribution in [0.5, 0.6) is 0 Å². The van der Waals surface area contributed by atoms with E-state index in [9.17, 15) is 9.59 Å². The molecule has 6 nitrogen and oxygen atoms in total. The van der Waals surface area contributed by atoms with E-state index in [1.165, 1.54) is 0 Å². The fourth-order valence-electron chi connectivity index (χ4n) is 2.62. The van der Waals surface area contributed by atoms with Gasteiger partial charge >= 0.3 is 0 Å². The highest BCUT2D eigenvalue weighted by Crippen LogP contribution is 2.34. The number of carbonyl (C=O) groups is 2. The van der Waals surface area contributed by atoms with Crippen LogP contribution in [0.15, 0.2) is 0 Å². The Balaban J connectivity index is 2.24. The van der Waals surface area contributed by atoms with Crippen LogP contribution in [0.25, 0.3) is 0 Å². The van der Waals surface area contributed by atoms with Gasteiger partial charge in [0.2, 0.25) is 11.8 Å². The van der Waals surface area contributed by atoms with Gasteiger partial charge in [-0.25, -0.2) is 0 Å². The van der Waals surface area contributed by atoms with Crippen molar-refractivity contribution < 1.29 is 14.3 Å². The molecule has 0 aromatic carbocycles. The number of rotatable bonds is 2. The van der Waals surface area contributed by atoms with Crippen LogP contribution in [0.1, 0.15) is 19.8 Å². The zero-order valence-corrected chi connectivity index (χ0v) is 11.8. The number of nitrogens with one attached hydrogen (secondary N) is 1. The number of nitrogens with zero attached hydrogens (tertiary/aromatic N) is 1. The van der Waals surface area contributed by atoms with Crippen LogP contribution in [0, 0.1) is 5.41 Å². The zero-order valence-electron chi connectivity index (χ0n) is 11.0. The molecule has 106 valence electrons.